The summed E-state index contributed by atoms with van der Waals surface area (Å²) in [6.45, 7) is 1.43. The van der Waals surface area contributed by atoms with Gasteiger partial charge in [0, 0.05) is 0 Å². The molecule has 0 radical (unpaired) electrons. The van der Waals surface area contributed by atoms with E-state index in [1.165, 1.54) is 6.92 Å². The van der Waals surface area contributed by atoms with Crippen LogP contribution in [0, 0.1) is 0 Å². The van der Waals surface area contributed by atoms with E-state index in [1.807, 2.05) is 0 Å². The van der Waals surface area contributed by atoms with Gasteiger partial charge >= 0.3 is 9.95 Å². The van der Waals surface area contributed by atoms with Gasteiger partial charge < -0.3 is 9.84 Å². The zero-order valence-electron chi connectivity index (χ0n) is 5.68. The average molecular weight is 221 g/mol. The fourth-order valence-electron chi connectivity index (χ4n) is 0.412. The number of aliphatic hydroxyl groups is 1. The molecule has 0 heterocycles. The van der Waals surface area contributed by atoms with Gasteiger partial charge in [0.15, 0.2) is 0 Å². The van der Waals surface area contributed by atoms with E-state index in [2.05, 4.69) is 4.74 Å². The van der Waals surface area contributed by atoms with Gasteiger partial charge in [-0.2, -0.15) is 0 Å². The molecule has 11 heavy (non-hydrogen) atoms. The van der Waals surface area contributed by atoms with E-state index < -0.39 is 16.1 Å². The molecular formula is C5H7Cl3O3. The maximum Gasteiger partial charge on any atom is 0.340 e. The second kappa shape index (κ2) is 4.36. The Morgan fingerprint density at radius 3 is 2.36 bits per heavy atom. The van der Waals surface area contributed by atoms with Crippen molar-refractivity contribution in [2.75, 3.05) is 0 Å². The monoisotopic (exact) mass is 220 g/mol. The number of rotatable bonds is 2. The van der Waals surface area contributed by atoms with Gasteiger partial charge in [0.25, 0.3) is 0 Å². The Morgan fingerprint density at radius 2 is 2.09 bits per heavy atom. The van der Waals surface area contributed by atoms with Crippen molar-refractivity contribution in [2.24, 2.45) is 0 Å². The van der Waals surface area contributed by atoms with E-state index in [-0.39, 0.29) is 6.42 Å². The molecule has 0 aromatic rings. The van der Waals surface area contributed by atoms with Gasteiger partial charge in [0.2, 0.25) is 0 Å². The molecule has 1 atom stereocenters. The number of halogens is 3. The van der Waals surface area contributed by atoms with E-state index in [1.54, 1.807) is 0 Å². The summed E-state index contributed by atoms with van der Waals surface area (Å²) in [5.41, 5.74) is 0. The molecule has 0 rings (SSSR count). The molecule has 0 aliphatic carbocycles. The molecule has 1 unspecified atom stereocenters. The Balaban J connectivity index is 3.71. The van der Waals surface area contributed by atoms with Crippen LogP contribution >= 0.6 is 34.8 Å². The largest absolute Gasteiger partial charge is 0.414 e. The third-order valence-corrected chi connectivity index (χ3v) is 0.923. The number of ether oxygens (including phenoxy) is 1. The van der Waals surface area contributed by atoms with Crippen LogP contribution in [0.1, 0.15) is 13.3 Å². The van der Waals surface area contributed by atoms with Crippen LogP contribution in [-0.2, 0) is 9.53 Å². The van der Waals surface area contributed by atoms with Crippen LogP contribution in [0.4, 0.5) is 0 Å². The molecule has 0 bridgehead atoms. The van der Waals surface area contributed by atoms with E-state index in [0.29, 0.717) is 0 Å². The number of aliphatic hydroxyl groups excluding tert-OH is 1. The second-order valence-electron chi connectivity index (χ2n) is 1.97. The van der Waals surface area contributed by atoms with Crippen molar-refractivity contribution in [3.8, 4) is 0 Å². The minimum atomic E-state index is -2.04. The van der Waals surface area contributed by atoms with Gasteiger partial charge in [-0.25, -0.2) is 0 Å². The molecule has 3 nitrogen and oxygen atoms in total. The fraction of sp³-hybridized carbons (Fsp3) is 0.800. The summed E-state index contributed by atoms with van der Waals surface area (Å²) in [4.78, 5) is 10.6. The predicted octanol–water partition coefficient (Wildman–Crippen LogP) is 1.63. The third kappa shape index (κ3) is 8.20. The first kappa shape index (κ1) is 11.3. The Kier molecular flexibility index (Phi) is 4.48. The molecule has 0 aliphatic rings. The fourth-order valence-corrected chi connectivity index (χ4v) is 0.670. The van der Waals surface area contributed by atoms with Crippen LogP contribution < -0.4 is 0 Å². The first-order chi connectivity index (χ1) is 4.81. The Labute approximate surface area is 79.2 Å². The molecule has 0 saturated heterocycles. The first-order valence-corrected chi connectivity index (χ1v) is 3.91. The molecule has 0 amide bonds. The van der Waals surface area contributed by atoms with Crippen LogP contribution in [-0.4, -0.2) is 21.2 Å². The van der Waals surface area contributed by atoms with Gasteiger partial charge in [-0.05, 0) is 41.7 Å². The molecule has 6 heteroatoms. The zero-order chi connectivity index (χ0) is 9.07. The third-order valence-electron chi connectivity index (χ3n) is 0.692. The average Bonchev–Trinajstić information content (AvgIpc) is 1.53. The van der Waals surface area contributed by atoms with E-state index in [0.717, 1.165) is 0 Å². The second-order valence-corrected chi connectivity index (χ2v) is 4.15. The van der Waals surface area contributed by atoms with Gasteiger partial charge in [-0.1, -0.05) is 0 Å². The summed E-state index contributed by atoms with van der Waals surface area (Å²) in [6, 6.07) is 0. The summed E-state index contributed by atoms with van der Waals surface area (Å²) in [5, 5.41) is 8.69. The number of alkyl halides is 3. The maximum atomic E-state index is 10.6. The predicted molar refractivity (Wildman–Crippen MR) is 42.7 cm³/mol. The lowest BCUT2D eigenvalue weighted by atomic mass is 10.3. The highest BCUT2D eigenvalue weighted by Gasteiger charge is 2.25. The van der Waals surface area contributed by atoms with Crippen molar-refractivity contribution in [3.05, 3.63) is 0 Å². The first-order valence-electron chi connectivity index (χ1n) is 2.78. The summed E-state index contributed by atoms with van der Waals surface area (Å²) < 4.78 is 2.21. The normalized spacial score (nSPS) is 14.3. The lowest BCUT2D eigenvalue weighted by Gasteiger charge is -2.12. The highest BCUT2D eigenvalue weighted by molar-refractivity contribution is 6.66. The highest BCUT2D eigenvalue weighted by atomic mass is 35.6. The van der Waals surface area contributed by atoms with Crippen LogP contribution in [0.15, 0.2) is 0 Å². The molecule has 66 valence electrons. The van der Waals surface area contributed by atoms with Gasteiger partial charge in [0.05, 0.1) is 12.5 Å². The topological polar surface area (TPSA) is 46.5 Å². The number of carbonyl (C=O) groups excluding carboxylic acids is 1. The van der Waals surface area contributed by atoms with E-state index in [9.17, 15) is 4.79 Å². The molecule has 0 fully saturated rings. The number of esters is 1. The summed E-state index contributed by atoms with van der Waals surface area (Å²) in [6.07, 6.45) is -0.983. The minimum absolute atomic E-state index is 0.187. The van der Waals surface area contributed by atoms with Crippen molar-refractivity contribution < 1.29 is 14.6 Å². The maximum absolute atomic E-state index is 10.6. The molecule has 0 spiro atoms. The lowest BCUT2D eigenvalue weighted by molar-refractivity contribution is -0.146. The van der Waals surface area contributed by atoms with Gasteiger partial charge in [0.1, 0.15) is 0 Å². The van der Waals surface area contributed by atoms with Crippen LogP contribution in [0.3, 0.4) is 0 Å². The Morgan fingerprint density at radius 1 is 1.64 bits per heavy atom. The van der Waals surface area contributed by atoms with Gasteiger partial charge in [-0.15, -0.1) is 0 Å². The summed E-state index contributed by atoms with van der Waals surface area (Å²) >= 11 is 15.4. The van der Waals surface area contributed by atoms with Crippen molar-refractivity contribution in [3.63, 3.8) is 0 Å². The highest BCUT2D eigenvalue weighted by Crippen LogP contribution is 2.27. The van der Waals surface area contributed by atoms with Crippen LogP contribution in [0.2, 0.25) is 0 Å². The van der Waals surface area contributed by atoms with Crippen molar-refractivity contribution in [1.82, 2.24) is 0 Å². The van der Waals surface area contributed by atoms with Crippen molar-refractivity contribution >= 4 is 40.8 Å². The number of carbonyl (C=O) groups is 1. The molecule has 1 N–H and O–H groups in total. The smallest absolute Gasteiger partial charge is 0.340 e. The SMILES string of the molecule is CC(O)CC(=O)OC(Cl)(Cl)Cl. The van der Waals surface area contributed by atoms with E-state index in [4.69, 9.17) is 39.9 Å². The molecule has 0 aromatic carbocycles. The number of hydrogen-bond acceptors (Lipinski definition) is 3. The Hall–Kier alpha value is 0.300. The van der Waals surface area contributed by atoms with Crippen molar-refractivity contribution in [2.45, 2.75) is 23.4 Å². The number of hydrogen-bond donors (Lipinski definition) is 1. The molecule has 0 aromatic heterocycles. The zero-order valence-corrected chi connectivity index (χ0v) is 7.95. The standard InChI is InChI=1S/C5H7Cl3O3/c1-3(9)2-4(10)11-5(6,7)8/h3,9H,2H2,1H3. The lowest BCUT2D eigenvalue weighted by Crippen LogP contribution is -2.19. The summed E-state index contributed by atoms with van der Waals surface area (Å²) in [5.74, 6) is -0.750. The minimum Gasteiger partial charge on any atom is -0.414 e. The molecule has 0 saturated carbocycles. The molecular weight excluding hydrogens is 214 g/mol. The Bertz CT molecular complexity index is 140. The van der Waals surface area contributed by atoms with Crippen LogP contribution in [0.25, 0.3) is 0 Å². The summed E-state index contributed by atoms with van der Waals surface area (Å²) in [7, 11) is 0. The molecule has 0 aliphatic heterocycles. The van der Waals surface area contributed by atoms with Crippen LogP contribution in [0.5, 0.6) is 0 Å². The quantitative estimate of drug-likeness (QED) is 0.569. The van der Waals surface area contributed by atoms with E-state index >= 15 is 0 Å². The van der Waals surface area contributed by atoms with Crippen molar-refractivity contribution in [1.29, 1.82) is 0 Å². The van der Waals surface area contributed by atoms with Gasteiger partial charge in [-0.3, -0.25) is 4.79 Å².